The lowest BCUT2D eigenvalue weighted by atomic mass is 9.94. The first-order valence-electron chi connectivity index (χ1n) is 8.87. The zero-order chi connectivity index (χ0) is 20.6. The maximum Gasteiger partial charge on any atom is 0.284 e. The van der Waals surface area contributed by atoms with E-state index in [4.69, 9.17) is 37.0 Å². The monoisotopic (exact) mass is 440 g/mol. The molecule has 7 heteroatoms. The van der Waals surface area contributed by atoms with Gasteiger partial charge in [0.2, 0.25) is 11.2 Å². The summed E-state index contributed by atoms with van der Waals surface area (Å²) in [5, 5.41) is 5.42. The SMILES string of the molecule is COC1ON=C(c2c(C)c(Cl)c(C)c(Cl)c2C)C1[S+](OC)c1ccc(C)cc1. The molecule has 0 spiro atoms. The Hall–Kier alpha value is -1.24. The molecule has 3 rings (SSSR count). The second-order valence-electron chi connectivity index (χ2n) is 6.76. The fraction of sp³-hybridized carbons (Fsp3) is 0.381. The van der Waals surface area contributed by atoms with Gasteiger partial charge >= 0.3 is 0 Å². The van der Waals surface area contributed by atoms with Crippen LogP contribution in [0.3, 0.4) is 0 Å². The highest BCUT2D eigenvalue weighted by Crippen LogP contribution is 2.38. The fourth-order valence-corrected chi connectivity index (χ4v) is 5.71. The van der Waals surface area contributed by atoms with Gasteiger partial charge in [0.05, 0.1) is 7.11 Å². The largest absolute Gasteiger partial charge is 0.357 e. The summed E-state index contributed by atoms with van der Waals surface area (Å²) < 4.78 is 11.5. The van der Waals surface area contributed by atoms with Gasteiger partial charge in [-0.15, -0.1) is 0 Å². The molecule has 150 valence electrons. The normalized spacial score (nSPS) is 20.1. The van der Waals surface area contributed by atoms with Crippen molar-refractivity contribution in [2.45, 2.75) is 44.1 Å². The average molecular weight is 441 g/mol. The number of benzene rings is 2. The Bertz CT molecular complexity index is 886. The number of methoxy groups -OCH3 is 1. The van der Waals surface area contributed by atoms with Crippen LogP contribution in [0.25, 0.3) is 0 Å². The molecule has 0 fully saturated rings. The third-order valence-electron chi connectivity index (χ3n) is 4.99. The van der Waals surface area contributed by atoms with Gasteiger partial charge in [0.1, 0.15) is 0 Å². The Morgan fingerprint density at radius 3 is 2.00 bits per heavy atom. The maximum atomic E-state index is 6.56. The van der Waals surface area contributed by atoms with Gasteiger partial charge in [0.15, 0.2) is 10.6 Å². The fourth-order valence-electron chi connectivity index (χ4n) is 3.46. The average Bonchev–Trinajstić information content (AvgIpc) is 3.10. The van der Waals surface area contributed by atoms with Crippen molar-refractivity contribution >= 4 is 40.1 Å². The van der Waals surface area contributed by atoms with Crippen LogP contribution in [0.1, 0.15) is 27.8 Å². The van der Waals surface area contributed by atoms with Gasteiger partial charge in [-0.05, 0) is 56.5 Å². The number of hydrogen-bond acceptors (Lipinski definition) is 4. The van der Waals surface area contributed by atoms with Gasteiger partial charge in [-0.25, -0.2) is 0 Å². The molecule has 28 heavy (non-hydrogen) atoms. The summed E-state index contributed by atoms with van der Waals surface area (Å²) in [5.74, 6) is 0. The van der Waals surface area contributed by atoms with E-state index in [1.165, 1.54) is 5.56 Å². The molecular formula is C21H24Cl2NO3S+. The third-order valence-corrected chi connectivity index (χ3v) is 8.13. The molecule has 2 aromatic carbocycles. The van der Waals surface area contributed by atoms with Crippen LogP contribution in [0.5, 0.6) is 0 Å². The molecule has 0 aliphatic carbocycles. The van der Waals surface area contributed by atoms with Crippen LogP contribution < -0.4 is 0 Å². The van der Waals surface area contributed by atoms with E-state index in [0.717, 1.165) is 32.9 Å². The van der Waals surface area contributed by atoms with Gasteiger partial charge in [-0.1, -0.05) is 46.1 Å². The molecule has 1 heterocycles. The van der Waals surface area contributed by atoms with Gasteiger partial charge in [-0.3, -0.25) is 0 Å². The van der Waals surface area contributed by atoms with Crippen LogP contribution in [-0.4, -0.2) is 31.5 Å². The van der Waals surface area contributed by atoms with Crippen LogP contribution in [0.2, 0.25) is 10.0 Å². The predicted octanol–water partition coefficient (Wildman–Crippen LogP) is 5.54. The third kappa shape index (κ3) is 3.66. The molecule has 3 atom stereocenters. The zero-order valence-corrected chi connectivity index (χ0v) is 19.1. The minimum atomic E-state index is -0.641. The molecule has 4 nitrogen and oxygen atoms in total. The summed E-state index contributed by atoms with van der Waals surface area (Å²) in [6.45, 7) is 7.93. The minimum absolute atomic E-state index is 0.245. The van der Waals surface area contributed by atoms with Crippen molar-refractivity contribution in [3.8, 4) is 0 Å². The number of rotatable bonds is 5. The molecule has 1 aliphatic heterocycles. The number of hydrogen-bond donors (Lipinski definition) is 0. The summed E-state index contributed by atoms with van der Waals surface area (Å²) in [6, 6.07) is 8.27. The van der Waals surface area contributed by atoms with E-state index in [9.17, 15) is 0 Å². The second-order valence-corrected chi connectivity index (χ2v) is 9.43. The highest BCUT2D eigenvalue weighted by molar-refractivity contribution is 7.93. The molecule has 0 saturated heterocycles. The van der Waals surface area contributed by atoms with E-state index in [-0.39, 0.29) is 5.25 Å². The molecule has 3 unspecified atom stereocenters. The van der Waals surface area contributed by atoms with E-state index in [2.05, 4.69) is 36.3 Å². The van der Waals surface area contributed by atoms with E-state index >= 15 is 0 Å². The Labute approximate surface area is 179 Å². The Kier molecular flexibility index (Phi) is 6.62. The number of aryl methyl sites for hydroxylation is 1. The van der Waals surface area contributed by atoms with Gasteiger partial charge in [0, 0.05) is 22.7 Å². The molecule has 2 aromatic rings. The zero-order valence-electron chi connectivity index (χ0n) is 16.8. The molecule has 1 aliphatic rings. The van der Waals surface area contributed by atoms with Crippen molar-refractivity contribution in [2.75, 3.05) is 14.2 Å². The highest BCUT2D eigenvalue weighted by Gasteiger charge is 2.52. The van der Waals surface area contributed by atoms with Crippen molar-refractivity contribution in [1.82, 2.24) is 0 Å². The Balaban J connectivity index is 2.15. The minimum Gasteiger partial charge on any atom is -0.357 e. The maximum absolute atomic E-state index is 6.56. The number of ether oxygens (including phenoxy) is 1. The number of halogens is 2. The van der Waals surface area contributed by atoms with Crippen LogP contribution in [0.15, 0.2) is 34.3 Å². The molecule has 0 saturated carbocycles. The van der Waals surface area contributed by atoms with Crippen molar-refractivity contribution in [1.29, 1.82) is 0 Å². The molecule has 0 radical (unpaired) electrons. The van der Waals surface area contributed by atoms with Crippen LogP contribution in [0.4, 0.5) is 0 Å². The van der Waals surface area contributed by atoms with E-state index in [1.807, 2.05) is 20.8 Å². The first-order valence-corrected chi connectivity index (χ1v) is 10.8. The first kappa shape index (κ1) is 21.5. The van der Waals surface area contributed by atoms with Crippen LogP contribution >= 0.6 is 23.2 Å². The van der Waals surface area contributed by atoms with Crippen LogP contribution in [-0.2, 0) is 24.9 Å². The van der Waals surface area contributed by atoms with Gasteiger partial charge in [0.25, 0.3) is 11.5 Å². The Morgan fingerprint density at radius 2 is 1.50 bits per heavy atom. The van der Waals surface area contributed by atoms with Crippen molar-refractivity contribution in [3.63, 3.8) is 0 Å². The Morgan fingerprint density at radius 1 is 0.929 bits per heavy atom. The molecule has 0 N–H and O–H groups in total. The second kappa shape index (κ2) is 8.64. The molecule has 0 amide bonds. The van der Waals surface area contributed by atoms with Crippen molar-refractivity contribution in [2.24, 2.45) is 5.16 Å². The van der Waals surface area contributed by atoms with Crippen molar-refractivity contribution < 1.29 is 13.8 Å². The van der Waals surface area contributed by atoms with Crippen molar-refractivity contribution in [3.05, 3.63) is 62.1 Å². The molecular weight excluding hydrogens is 417 g/mol. The molecule has 0 bridgehead atoms. The first-order chi connectivity index (χ1) is 13.3. The smallest absolute Gasteiger partial charge is 0.284 e. The van der Waals surface area contributed by atoms with Gasteiger partial charge < -0.3 is 9.57 Å². The summed E-state index contributed by atoms with van der Waals surface area (Å²) >= 11 is 12.5. The topological polar surface area (TPSA) is 40.0 Å². The summed E-state index contributed by atoms with van der Waals surface area (Å²) in [7, 11) is 3.30. The van der Waals surface area contributed by atoms with E-state index < -0.39 is 17.5 Å². The lowest BCUT2D eigenvalue weighted by Crippen LogP contribution is -2.40. The summed E-state index contributed by atoms with van der Waals surface area (Å²) in [4.78, 5) is 6.69. The lowest BCUT2D eigenvalue weighted by molar-refractivity contribution is -0.101. The number of oxime groups is 1. The number of nitrogens with zero attached hydrogens (tertiary/aromatic N) is 1. The lowest BCUT2D eigenvalue weighted by Gasteiger charge is -2.20. The van der Waals surface area contributed by atoms with Crippen LogP contribution in [0, 0.1) is 27.7 Å². The summed E-state index contributed by atoms with van der Waals surface area (Å²) in [5.41, 5.74) is 5.54. The predicted molar refractivity (Wildman–Crippen MR) is 117 cm³/mol. The molecule has 0 aromatic heterocycles. The van der Waals surface area contributed by atoms with Gasteiger partial charge in [-0.2, -0.15) is 4.18 Å². The van der Waals surface area contributed by atoms with E-state index in [0.29, 0.717) is 10.0 Å². The quantitative estimate of drug-likeness (QED) is 0.572. The van der Waals surface area contributed by atoms with E-state index in [1.54, 1.807) is 14.2 Å². The summed E-state index contributed by atoms with van der Waals surface area (Å²) in [6.07, 6.45) is -0.558. The standard InChI is InChI=1S/C21H24Cl2NO3S/c1-11-7-9-15(10-8-11)28(26-6)20-19(24-27-21(20)25-5)16-12(2)17(22)14(4)18(23)13(16)3/h7-10,20-21H,1-6H3/q+1. The highest BCUT2D eigenvalue weighted by atomic mass is 35.5.